The van der Waals surface area contributed by atoms with Crippen molar-refractivity contribution in [3.63, 3.8) is 0 Å². The third kappa shape index (κ3) is 2.22. The van der Waals surface area contributed by atoms with E-state index < -0.39 is 6.10 Å². The summed E-state index contributed by atoms with van der Waals surface area (Å²) >= 11 is 8.89. The normalized spacial score (nSPS) is 13.0. The molecule has 1 aromatic rings. The molecule has 66 valence electrons. The lowest BCUT2D eigenvalue weighted by Gasteiger charge is -2.10. The van der Waals surface area contributed by atoms with Crippen molar-refractivity contribution in [3.05, 3.63) is 33.8 Å². The van der Waals surface area contributed by atoms with Gasteiger partial charge in [0.25, 0.3) is 0 Å². The Morgan fingerprint density at radius 3 is 2.75 bits per heavy atom. The molecule has 0 aliphatic rings. The maximum atomic E-state index is 9.45. The van der Waals surface area contributed by atoms with E-state index >= 15 is 0 Å². The second-order valence-electron chi connectivity index (χ2n) is 2.67. The first-order valence-electron chi connectivity index (χ1n) is 3.65. The quantitative estimate of drug-likeness (QED) is 0.799. The minimum Gasteiger partial charge on any atom is -0.387 e. The smallest absolute Gasteiger partial charge is 0.0927 e. The van der Waals surface area contributed by atoms with Crippen LogP contribution in [0.2, 0.25) is 0 Å². The van der Waals surface area contributed by atoms with Gasteiger partial charge in [-0.3, -0.25) is 0 Å². The molecule has 1 aromatic carbocycles. The molecule has 3 heteroatoms. The Bertz CT molecular complexity index is 275. The number of hydrogen-bond donors (Lipinski definition) is 1. The average molecular weight is 250 g/mol. The third-order valence-electron chi connectivity index (χ3n) is 1.74. The van der Waals surface area contributed by atoms with Gasteiger partial charge >= 0.3 is 0 Å². The van der Waals surface area contributed by atoms with Crippen LogP contribution in [0.1, 0.15) is 17.2 Å². The van der Waals surface area contributed by atoms with Crippen LogP contribution in [0.15, 0.2) is 22.7 Å². The summed E-state index contributed by atoms with van der Waals surface area (Å²) in [5.74, 6) is 0.239. The molecular formula is C9H10BrClO. The SMILES string of the molecule is Cc1cc(Br)ccc1[C@@H](O)CCl. The zero-order valence-corrected chi connectivity index (χ0v) is 9.06. The Hall–Kier alpha value is -0.0500. The standard InChI is InChI=1S/C9H10BrClO/c1-6-4-7(10)2-3-8(6)9(12)5-11/h2-4,9,12H,5H2,1H3/t9-/m0/s1. The first-order chi connectivity index (χ1) is 5.65. The predicted octanol–water partition coefficient (Wildman–Crippen LogP) is 3.03. The number of aliphatic hydroxyl groups is 1. The molecule has 1 N–H and O–H groups in total. The first kappa shape index (κ1) is 10.0. The topological polar surface area (TPSA) is 20.2 Å². The van der Waals surface area contributed by atoms with Crippen LogP contribution in [-0.4, -0.2) is 11.0 Å². The Morgan fingerprint density at radius 1 is 1.58 bits per heavy atom. The highest BCUT2D eigenvalue weighted by molar-refractivity contribution is 9.10. The van der Waals surface area contributed by atoms with Crippen molar-refractivity contribution in [1.29, 1.82) is 0 Å². The fourth-order valence-electron chi connectivity index (χ4n) is 1.10. The van der Waals surface area contributed by atoms with Crippen LogP contribution in [0.3, 0.4) is 0 Å². The fourth-order valence-corrected chi connectivity index (χ4v) is 1.74. The van der Waals surface area contributed by atoms with Crippen molar-refractivity contribution in [2.75, 3.05) is 5.88 Å². The van der Waals surface area contributed by atoms with E-state index in [1.54, 1.807) is 0 Å². The van der Waals surface area contributed by atoms with Gasteiger partial charge in [-0.05, 0) is 30.2 Å². The van der Waals surface area contributed by atoms with E-state index in [0.29, 0.717) is 0 Å². The summed E-state index contributed by atoms with van der Waals surface area (Å²) in [6.07, 6.45) is -0.556. The summed E-state index contributed by atoms with van der Waals surface area (Å²) in [7, 11) is 0. The molecule has 0 aliphatic carbocycles. The van der Waals surface area contributed by atoms with Gasteiger partial charge in [-0.2, -0.15) is 0 Å². The van der Waals surface area contributed by atoms with E-state index in [9.17, 15) is 5.11 Å². The number of aryl methyl sites for hydroxylation is 1. The van der Waals surface area contributed by atoms with Crippen molar-refractivity contribution >= 4 is 27.5 Å². The molecule has 12 heavy (non-hydrogen) atoms. The van der Waals surface area contributed by atoms with E-state index in [-0.39, 0.29) is 5.88 Å². The number of hydrogen-bond acceptors (Lipinski definition) is 1. The number of halogens is 2. The average Bonchev–Trinajstić information content (AvgIpc) is 2.03. The Morgan fingerprint density at radius 2 is 2.25 bits per heavy atom. The molecule has 1 rings (SSSR count). The van der Waals surface area contributed by atoms with E-state index in [1.807, 2.05) is 25.1 Å². The van der Waals surface area contributed by atoms with Crippen molar-refractivity contribution < 1.29 is 5.11 Å². The molecule has 0 amide bonds. The summed E-state index contributed by atoms with van der Waals surface area (Å²) in [5.41, 5.74) is 1.95. The van der Waals surface area contributed by atoms with Crippen LogP contribution in [0.25, 0.3) is 0 Å². The Kier molecular flexibility index (Phi) is 3.56. The first-order valence-corrected chi connectivity index (χ1v) is 4.98. The van der Waals surface area contributed by atoms with Crippen LogP contribution in [0, 0.1) is 6.92 Å². The van der Waals surface area contributed by atoms with Crippen LogP contribution in [-0.2, 0) is 0 Å². The number of rotatable bonds is 2. The molecule has 0 spiro atoms. The second-order valence-corrected chi connectivity index (χ2v) is 3.90. The summed E-state index contributed by atoms with van der Waals surface area (Å²) in [6, 6.07) is 5.75. The maximum Gasteiger partial charge on any atom is 0.0927 e. The zero-order valence-electron chi connectivity index (χ0n) is 6.72. The molecule has 0 fully saturated rings. The predicted molar refractivity (Wildman–Crippen MR) is 54.6 cm³/mol. The summed E-state index contributed by atoms with van der Waals surface area (Å²) in [5, 5.41) is 9.45. The molecule has 0 saturated heterocycles. The number of aliphatic hydroxyl groups excluding tert-OH is 1. The molecule has 0 bridgehead atoms. The second kappa shape index (κ2) is 4.26. The maximum absolute atomic E-state index is 9.45. The highest BCUT2D eigenvalue weighted by Gasteiger charge is 2.08. The lowest BCUT2D eigenvalue weighted by atomic mass is 10.1. The molecule has 0 aromatic heterocycles. The number of benzene rings is 1. The van der Waals surface area contributed by atoms with Crippen molar-refractivity contribution in [2.24, 2.45) is 0 Å². The highest BCUT2D eigenvalue weighted by Crippen LogP contribution is 2.22. The van der Waals surface area contributed by atoms with Crippen molar-refractivity contribution in [2.45, 2.75) is 13.0 Å². The summed E-state index contributed by atoms with van der Waals surface area (Å²) < 4.78 is 1.02. The molecule has 0 aliphatic heterocycles. The zero-order chi connectivity index (χ0) is 9.14. The highest BCUT2D eigenvalue weighted by atomic mass is 79.9. The summed E-state index contributed by atoms with van der Waals surface area (Å²) in [4.78, 5) is 0. The van der Waals surface area contributed by atoms with Crippen LogP contribution in [0.5, 0.6) is 0 Å². The largest absolute Gasteiger partial charge is 0.387 e. The van der Waals surface area contributed by atoms with E-state index in [4.69, 9.17) is 11.6 Å². The molecular weight excluding hydrogens is 239 g/mol. The van der Waals surface area contributed by atoms with E-state index in [0.717, 1.165) is 15.6 Å². The monoisotopic (exact) mass is 248 g/mol. The van der Waals surface area contributed by atoms with Crippen molar-refractivity contribution in [1.82, 2.24) is 0 Å². The van der Waals surface area contributed by atoms with Gasteiger partial charge in [0.05, 0.1) is 12.0 Å². The lowest BCUT2D eigenvalue weighted by molar-refractivity contribution is 0.202. The van der Waals surface area contributed by atoms with Gasteiger partial charge in [-0.25, -0.2) is 0 Å². The van der Waals surface area contributed by atoms with Crippen molar-refractivity contribution in [3.8, 4) is 0 Å². The Balaban J connectivity index is 3.01. The minimum atomic E-state index is -0.556. The van der Waals surface area contributed by atoms with Gasteiger partial charge in [0.1, 0.15) is 0 Å². The number of alkyl halides is 1. The van der Waals surface area contributed by atoms with Gasteiger partial charge in [-0.1, -0.05) is 22.0 Å². The van der Waals surface area contributed by atoms with Gasteiger partial charge in [0.15, 0.2) is 0 Å². The molecule has 0 heterocycles. The van der Waals surface area contributed by atoms with Crippen LogP contribution >= 0.6 is 27.5 Å². The van der Waals surface area contributed by atoms with Gasteiger partial charge < -0.3 is 5.11 Å². The van der Waals surface area contributed by atoms with Gasteiger partial charge in [0.2, 0.25) is 0 Å². The lowest BCUT2D eigenvalue weighted by Crippen LogP contribution is -2.00. The Labute approximate surface area is 85.5 Å². The molecule has 0 saturated carbocycles. The molecule has 1 nitrogen and oxygen atoms in total. The minimum absolute atomic E-state index is 0.239. The fraction of sp³-hybridized carbons (Fsp3) is 0.333. The van der Waals surface area contributed by atoms with Gasteiger partial charge in [0, 0.05) is 4.47 Å². The van der Waals surface area contributed by atoms with Crippen LogP contribution < -0.4 is 0 Å². The molecule has 1 atom stereocenters. The molecule has 0 radical (unpaired) electrons. The van der Waals surface area contributed by atoms with Crippen LogP contribution in [0.4, 0.5) is 0 Å². The molecule has 0 unspecified atom stereocenters. The van der Waals surface area contributed by atoms with E-state index in [2.05, 4.69) is 15.9 Å². The van der Waals surface area contributed by atoms with Gasteiger partial charge in [-0.15, -0.1) is 11.6 Å². The van der Waals surface area contributed by atoms with E-state index in [1.165, 1.54) is 0 Å². The third-order valence-corrected chi connectivity index (χ3v) is 2.52. The summed E-state index contributed by atoms with van der Waals surface area (Å²) in [6.45, 7) is 1.95.